The van der Waals surface area contributed by atoms with E-state index in [2.05, 4.69) is 26.3 Å². The highest BCUT2D eigenvalue weighted by Crippen LogP contribution is 2.26. The van der Waals surface area contributed by atoms with Gasteiger partial charge in [-0.25, -0.2) is 9.37 Å². The Labute approximate surface area is 234 Å². The van der Waals surface area contributed by atoms with Crippen molar-refractivity contribution in [1.82, 2.24) is 9.66 Å². The maximum absolute atomic E-state index is 13.5. The third-order valence-electron chi connectivity index (χ3n) is 5.77. The molecule has 1 amide bonds. The smallest absolute Gasteiger partial charge is 0.282 e. The molecule has 0 bridgehead atoms. The zero-order valence-electron chi connectivity index (χ0n) is 22.3. The fraction of sp³-hybridized carbons (Fsp3) is 0.241. The van der Waals surface area contributed by atoms with Gasteiger partial charge in [-0.15, -0.1) is 0 Å². The van der Waals surface area contributed by atoms with E-state index in [9.17, 15) is 14.0 Å². The van der Waals surface area contributed by atoms with Gasteiger partial charge in [-0.3, -0.25) is 9.59 Å². The SMILES string of the molecule is CN(C)c1ccc(C=Nn2c(C(C)(C)C)nc3ccc(Br)cc3c2=O)c(OCC(=O)Nc2cccc(F)c2)c1. The van der Waals surface area contributed by atoms with Gasteiger partial charge in [0.2, 0.25) is 0 Å². The van der Waals surface area contributed by atoms with E-state index in [4.69, 9.17) is 9.72 Å². The zero-order valence-corrected chi connectivity index (χ0v) is 23.9. The van der Waals surface area contributed by atoms with Crippen LogP contribution in [0.4, 0.5) is 15.8 Å². The largest absolute Gasteiger partial charge is 0.483 e. The molecular formula is C29H29BrFN5O3. The summed E-state index contributed by atoms with van der Waals surface area (Å²) in [6.07, 6.45) is 1.52. The van der Waals surface area contributed by atoms with Crippen molar-refractivity contribution in [1.29, 1.82) is 0 Å². The second kappa shape index (κ2) is 11.4. The third kappa shape index (κ3) is 6.69. The summed E-state index contributed by atoms with van der Waals surface area (Å²) in [5, 5.41) is 7.58. The minimum Gasteiger partial charge on any atom is -0.483 e. The number of hydrogen-bond acceptors (Lipinski definition) is 6. The highest BCUT2D eigenvalue weighted by Gasteiger charge is 2.23. The summed E-state index contributed by atoms with van der Waals surface area (Å²) in [6, 6.07) is 16.4. The van der Waals surface area contributed by atoms with E-state index < -0.39 is 17.1 Å². The average molecular weight is 594 g/mol. The topological polar surface area (TPSA) is 88.8 Å². The highest BCUT2D eigenvalue weighted by atomic mass is 79.9. The second-order valence-electron chi connectivity index (χ2n) is 10.2. The Morgan fingerprint density at radius 1 is 1.15 bits per heavy atom. The van der Waals surface area contributed by atoms with E-state index in [0.29, 0.717) is 33.7 Å². The first-order valence-electron chi connectivity index (χ1n) is 12.2. The number of ether oxygens (including phenoxy) is 1. The van der Waals surface area contributed by atoms with Crippen molar-refractivity contribution in [2.75, 3.05) is 30.9 Å². The van der Waals surface area contributed by atoms with Crippen molar-refractivity contribution in [3.63, 3.8) is 0 Å². The summed E-state index contributed by atoms with van der Waals surface area (Å²) in [5.74, 6) is -0.0118. The molecule has 1 N–H and O–H groups in total. The van der Waals surface area contributed by atoms with Gasteiger partial charge >= 0.3 is 0 Å². The Hall–Kier alpha value is -4.05. The van der Waals surface area contributed by atoms with Crippen LogP contribution < -0.4 is 20.5 Å². The maximum atomic E-state index is 13.5. The van der Waals surface area contributed by atoms with E-state index in [1.165, 1.54) is 29.1 Å². The van der Waals surface area contributed by atoms with Crippen molar-refractivity contribution in [3.8, 4) is 5.75 Å². The average Bonchev–Trinajstić information content (AvgIpc) is 2.86. The molecule has 0 aliphatic heterocycles. The molecule has 0 spiro atoms. The number of benzene rings is 3. The molecule has 0 atom stereocenters. The van der Waals surface area contributed by atoms with Crippen molar-refractivity contribution >= 4 is 50.3 Å². The predicted octanol–water partition coefficient (Wildman–Crippen LogP) is 5.56. The summed E-state index contributed by atoms with van der Waals surface area (Å²) in [6.45, 7) is 5.57. The number of rotatable bonds is 7. The molecule has 0 aliphatic carbocycles. The number of nitrogens with one attached hydrogen (secondary N) is 1. The van der Waals surface area contributed by atoms with Crippen LogP contribution in [0.5, 0.6) is 5.75 Å². The molecule has 4 aromatic rings. The summed E-state index contributed by atoms with van der Waals surface area (Å²) in [7, 11) is 3.77. The summed E-state index contributed by atoms with van der Waals surface area (Å²) in [4.78, 5) is 32.6. The van der Waals surface area contributed by atoms with Gasteiger partial charge in [-0.2, -0.15) is 9.78 Å². The molecule has 3 aromatic carbocycles. The quantitative estimate of drug-likeness (QED) is 0.283. The normalized spacial score (nSPS) is 11.7. The first-order chi connectivity index (χ1) is 18.4. The molecule has 1 aromatic heterocycles. The molecule has 0 saturated carbocycles. The molecule has 0 radical (unpaired) electrons. The molecule has 10 heteroatoms. The fourth-order valence-electron chi connectivity index (χ4n) is 3.80. The number of carbonyl (C=O) groups is 1. The molecule has 0 saturated heterocycles. The van der Waals surface area contributed by atoms with Crippen LogP contribution in [0, 0.1) is 5.82 Å². The van der Waals surface area contributed by atoms with Gasteiger partial charge in [0.05, 0.1) is 17.1 Å². The minimum absolute atomic E-state index is 0.302. The fourth-order valence-corrected chi connectivity index (χ4v) is 4.16. The van der Waals surface area contributed by atoms with Crippen LogP contribution in [0.3, 0.4) is 0 Å². The van der Waals surface area contributed by atoms with Crippen LogP contribution in [-0.4, -0.2) is 42.5 Å². The number of amides is 1. The molecule has 202 valence electrons. The van der Waals surface area contributed by atoms with Gasteiger partial charge in [0.25, 0.3) is 11.5 Å². The Bertz CT molecular complexity index is 1630. The van der Waals surface area contributed by atoms with Crippen LogP contribution in [0.25, 0.3) is 10.9 Å². The van der Waals surface area contributed by atoms with Crippen molar-refractivity contribution < 1.29 is 13.9 Å². The van der Waals surface area contributed by atoms with Crippen molar-refractivity contribution in [3.05, 3.63) is 92.7 Å². The molecule has 8 nitrogen and oxygen atoms in total. The third-order valence-corrected chi connectivity index (χ3v) is 6.27. The number of aromatic nitrogens is 2. The molecule has 0 aliphatic rings. The number of halogens is 2. The Morgan fingerprint density at radius 3 is 2.62 bits per heavy atom. The minimum atomic E-state index is -0.471. The van der Waals surface area contributed by atoms with E-state index in [1.54, 1.807) is 30.3 Å². The lowest BCUT2D eigenvalue weighted by Gasteiger charge is -2.21. The lowest BCUT2D eigenvalue weighted by molar-refractivity contribution is -0.118. The molecule has 39 heavy (non-hydrogen) atoms. The van der Waals surface area contributed by atoms with Gasteiger partial charge < -0.3 is 15.0 Å². The molecule has 1 heterocycles. The Balaban J connectivity index is 1.69. The van der Waals surface area contributed by atoms with Crippen LogP contribution in [0.2, 0.25) is 0 Å². The second-order valence-corrected chi connectivity index (χ2v) is 11.1. The first-order valence-corrected chi connectivity index (χ1v) is 13.0. The van der Waals surface area contributed by atoms with Crippen LogP contribution in [0.15, 0.2) is 75.0 Å². The lowest BCUT2D eigenvalue weighted by atomic mass is 9.95. The summed E-state index contributed by atoms with van der Waals surface area (Å²) >= 11 is 3.42. The van der Waals surface area contributed by atoms with Crippen LogP contribution >= 0.6 is 15.9 Å². The summed E-state index contributed by atoms with van der Waals surface area (Å²) in [5.41, 5.74) is 1.54. The number of hydrogen-bond donors (Lipinski definition) is 1. The molecule has 0 fully saturated rings. The molecule has 0 unspecified atom stereocenters. The van der Waals surface area contributed by atoms with Gasteiger partial charge in [0.15, 0.2) is 6.61 Å². The molecular weight excluding hydrogens is 565 g/mol. The van der Waals surface area contributed by atoms with Crippen LogP contribution in [0.1, 0.15) is 32.2 Å². The van der Waals surface area contributed by atoms with Crippen molar-refractivity contribution in [2.24, 2.45) is 5.10 Å². The van der Waals surface area contributed by atoms with E-state index >= 15 is 0 Å². The standard InChI is InChI=1S/C29H29BrFN5O3/c1-29(2,3)28-34-24-12-10-19(30)13-23(24)27(38)36(28)32-16-18-9-11-22(35(4)5)15-25(18)39-17-26(37)33-21-8-6-7-20(31)14-21/h6-16H,17H2,1-5H3,(H,33,37). The zero-order chi connectivity index (χ0) is 28.3. The Kier molecular flexibility index (Phi) is 8.15. The number of carbonyl (C=O) groups excluding carboxylic acids is 1. The predicted molar refractivity (Wildman–Crippen MR) is 157 cm³/mol. The van der Waals surface area contributed by atoms with Gasteiger partial charge in [-0.05, 0) is 48.5 Å². The molecule has 4 rings (SSSR count). The maximum Gasteiger partial charge on any atom is 0.282 e. The number of anilines is 2. The first kappa shape index (κ1) is 28.0. The lowest BCUT2D eigenvalue weighted by Crippen LogP contribution is -2.29. The van der Waals surface area contributed by atoms with E-state index in [0.717, 1.165) is 10.2 Å². The van der Waals surface area contributed by atoms with E-state index in [-0.39, 0.29) is 12.2 Å². The van der Waals surface area contributed by atoms with Gasteiger partial charge in [-0.1, -0.05) is 42.8 Å². The number of fused-ring (bicyclic) bond motifs is 1. The van der Waals surface area contributed by atoms with E-state index in [1.807, 2.05) is 51.9 Å². The highest BCUT2D eigenvalue weighted by molar-refractivity contribution is 9.10. The number of nitrogens with zero attached hydrogens (tertiary/aromatic N) is 4. The van der Waals surface area contributed by atoms with Crippen LogP contribution in [-0.2, 0) is 10.2 Å². The van der Waals surface area contributed by atoms with Crippen molar-refractivity contribution in [2.45, 2.75) is 26.2 Å². The Morgan fingerprint density at radius 2 is 1.92 bits per heavy atom. The van der Waals surface area contributed by atoms with Gasteiger partial charge in [0.1, 0.15) is 17.4 Å². The monoisotopic (exact) mass is 593 g/mol. The van der Waals surface area contributed by atoms with Gasteiger partial charge in [0, 0.05) is 47.0 Å². The summed E-state index contributed by atoms with van der Waals surface area (Å²) < 4.78 is 21.4.